The Labute approximate surface area is 146 Å². The van der Waals surface area contributed by atoms with Crippen LogP contribution in [0.2, 0.25) is 0 Å². The highest BCUT2D eigenvalue weighted by atomic mass is 16.4. The van der Waals surface area contributed by atoms with Gasteiger partial charge in [-0.1, -0.05) is 32.9 Å². The summed E-state index contributed by atoms with van der Waals surface area (Å²) in [6, 6.07) is 5.48. The number of aliphatic carboxylic acids is 1. The van der Waals surface area contributed by atoms with E-state index in [1.807, 2.05) is 24.3 Å². The topological polar surface area (TPSA) is 95.1 Å². The van der Waals surface area contributed by atoms with E-state index in [-0.39, 0.29) is 11.3 Å². The summed E-state index contributed by atoms with van der Waals surface area (Å²) >= 11 is 0. The van der Waals surface area contributed by atoms with Gasteiger partial charge < -0.3 is 15.4 Å². The average molecular weight is 341 g/mol. The van der Waals surface area contributed by atoms with Crippen molar-refractivity contribution in [2.45, 2.75) is 39.0 Å². The molecular weight excluding hydrogens is 318 g/mol. The molecule has 1 aromatic carbocycles. The number of carbonyl (C=O) groups excluding carboxylic acids is 1. The van der Waals surface area contributed by atoms with Gasteiger partial charge in [0.15, 0.2) is 0 Å². The number of carboxylic acid groups (broad SMARTS) is 1. The number of benzene rings is 1. The molecule has 0 spiro atoms. The van der Waals surface area contributed by atoms with Crippen molar-refractivity contribution in [1.29, 1.82) is 0 Å². The average Bonchev–Trinajstić information content (AvgIpc) is 2.98. The van der Waals surface area contributed by atoms with Crippen molar-refractivity contribution >= 4 is 28.6 Å². The normalized spacial score (nSPS) is 20.6. The molecule has 0 fully saturated rings. The summed E-state index contributed by atoms with van der Waals surface area (Å²) in [7, 11) is 0. The first kappa shape index (κ1) is 17.2. The highest BCUT2D eigenvalue weighted by molar-refractivity contribution is 5.96. The first-order valence-electron chi connectivity index (χ1n) is 8.44. The predicted octanol–water partition coefficient (Wildman–Crippen LogP) is 3.47. The van der Waals surface area contributed by atoms with Crippen LogP contribution in [0.1, 0.15) is 39.4 Å². The van der Waals surface area contributed by atoms with Gasteiger partial charge in [0.05, 0.1) is 22.9 Å². The largest absolute Gasteiger partial charge is 0.481 e. The van der Waals surface area contributed by atoms with Gasteiger partial charge in [-0.15, -0.1) is 0 Å². The van der Waals surface area contributed by atoms with E-state index >= 15 is 0 Å². The molecular formula is C19H23N3O3. The van der Waals surface area contributed by atoms with Crippen LogP contribution in [0.5, 0.6) is 0 Å². The Morgan fingerprint density at radius 1 is 1.20 bits per heavy atom. The molecule has 0 unspecified atom stereocenters. The standard InChI is InChI=1S/C19H23N3O3/c1-19(2,3)18-21-14-9-8-11(10-15(14)22-18)20-16(23)12-6-4-5-7-13(12)17(24)25/h4-5,8-10,12-13H,6-7H2,1-3H3,(H,20,23)(H,21,22)(H,24,25)/t12-,13-/m0/s1. The fraction of sp³-hybridized carbons (Fsp3) is 0.421. The second-order valence-corrected chi connectivity index (χ2v) is 7.55. The van der Waals surface area contributed by atoms with Crippen LogP contribution < -0.4 is 5.32 Å². The lowest BCUT2D eigenvalue weighted by Crippen LogP contribution is -2.34. The summed E-state index contributed by atoms with van der Waals surface area (Å²) in [6.07, 6.45) is 4.54. The van der Waals surface area contributed by atoms with Gasteiger partial charge in [-0.25, -0.2) is 4.98 Å². The number of carbonyl (C=O) groups is 2. The van der Waals surface area contributed by atoms with Crippen LogP contribution >= 0.6 is 0 Å². The highest BCUT2D eigenvalue weighted by Crippen LogP contribution is 2.28. The van der Waals surface area contributed by atoms with E-state index < -0.39 is 17.8 Å². The smallest absolute Gasteiger partial charge is 0.307 e. The molecule has 0 aliphatic heterocycles. The Morgan fingerprint density at radius 2 is 1.88 bits per heavy atom. The molecule has 1 aromatic heterocycles. The SMILES string of the molecule is CC(C)(C)c1nc2ccc(NC(=O)[C@H]3CC=CC[C@@H]3C(=O)O)cc2[nH]1. The maximum Gasteiger partial charge on any atom is 0.307 e. The van der Waals surface area contributed by atoms with Crippen LogP contribution in [0.25, 0.3) is 11.0 Å². The Kier molecular flexibility index (Phi) is 4.37. The monoisotopic (exact) mass is 341 g/mol. The molecule has 2 atom stereocenters. The van der Waals surface area contributed by atoms with E-state index in [4.69, 9.17) is 0 Å². The van der Waals surface area contributed by atoms with Crippen molar-refractivity contribution < 1.29 is 14.7 Å². The van der Waals surface area contributed by atoms with E-state index in [0.717, 1.165) is 16.9 Å². The molecule has 1 amide bonds. The lowest BCUT2D eigenvalue weighted by Gasteiger charge is -2.24. The second-order valence-electron chi connectivity index (χ2n) is 7.55. The number of aromatic nitrogens is 2. The number of nitrogens with zero attached hydrogens (tertiary/aromatic N) is 1. The Bertz CT molecular complexity index is 845. The first-order chi connectivity index (χ1) is 11.8. The minimum Gasteiger partial charge on any atom is -0.481 e. The number of hydrogen-bond donors (Lipinski definition) is 3. The number of nitrogens with one attached hydrogen (secondary N) is 2. The van der Waals surface area contributed by atoms with E-state index in [9.17, 15) is 14.7 Å². The maximum absolute atomic E-state index is 12.5. The fourth-order valence-electron chi connectivity index (χ4n) is 3.05. The minimum absolute atomic E-state index is 0.0917. The maximum atomic E-state index is 12.5. The fourth-order valence-corrected chi connectivity index (χ4v) is 3.05. The van der Waals surface area contributed by atoms with Crippen molar-refractivity contribution in [1.82, 2.24) is 9.97 Å². The third-order valence-corrected chi connectivity index (χ3v) is 4.55. The Hall–Kier alpha value is -2.63. The first-order valence-corrected chi connectivity index (χ1v) is 8.44. The number of allylic oxidation sites excluding steroid dienone is 2. The molecule has 1 aliphatic rings. The van der Waals surface area contributed by atoms with Crippen molar-refractivity contribution in [3.63, 3.8) is 0 Å². The molecule has 132 valence electrons. The molecule has 2 aromatic rings. The van der Waals surface area contributed by atoms with Gasteiger partial charge in [0.2, 0.25) is 5.91 Å². The lowest BCUT2D eigenvalue weighted by atomic mass is 9.82. The van der Waals surface area contributed by atoms with E-state index in [1.54, 1.807) is 6.07 Å². The van der Waals surface area contributed by atoms with Crippen LogP contribution in [0.3, 0.4) is 0 Å². The number of amides is 1. The molecule has 1 heterocycles. The van der Waals surface area contributed by atoms with Gasteiger partial charge in [0.1, 0.15) is 5.82 Å². The number of H-pyrrole nitrogens is 1. The molecule has 0 radical (unpaired) electrons. The van der Waals surface area contributed by atoms with Gasteiger partial charge in [0, 0.05) is 11.1 Å². The summed E-state index contributed by atoms with van der Waals surface area (Å²) in [5, 5.41) is 12.2. The van der Waals surface area contributed by atoms with Crippen LogP contribution in [0, 0.1) is 11.8 Å². The van der Waals surface area contributed by atoms with E-state index in [0.29, 0.717) is 18.5 Å². The van der Waals surface area contributed by atoms with Crippen LogP contribution in [0.4, 0.5) is 5.69 Å². The molecule has 6 heteroatoms. The molecule has 0 saturated carbocycles. The van der Waals surface area contributed by atoms with Crippen molar-refractivity contribution in [3.8, 4) is 0 Å². The lowest BCUT2D eigenvalue weighted by molar-refractivity contribution is -0.146. The summed E-state index contributed by atoms with van der Waals surface area (Å²) in [5.41, 5.74) is 2.24. The third kappa shape index (κ3) is 3.57. The van der Waals surface area contributed by atoms with Gasteiger partial charge in [-0.3, -0.25) is 9.59 Å². The number of carboxylic acids is 1. The second kappa shape index (κ2) is 6.35. The molecule has 6 nitrogen and oxygen atoms in total. The van der Waals surface area contributed by atoms with Crippen molar-refractivity contribution in [3.05, 3.63) is 36.2 Å². The molecule has 25 heavy (non-hydrogen) atoms. The van der Waals surface area contributed by atoms with Crippen molar-refractivity contribution in [2.24, 2.45) is 11.8 Å². The molecule has 0 saturated heterocycles. The number of anilines is 1. The number of rotatable bonds is 3. The zero-order chi connectivity index (χ0) is 18.2. The van der Waals surface area contributed by atoms with Crippen LogP contribution in [-0.2, 0) is 15.0 Å². The summed E-state index contributed by atoms with van der Waals surface area (Å²) in [5.74, 6) is -1.53. The summed E-state index contributed by atoms with van der Waals surface area (Å²) < 4.78 is 0. The zero-order valence-corrected chi connectivity index (χ0v) is 14.7. The molecule has 3 N–H and O–H groups in total. The number of aromatic amines is 1. The van der Waals surface area contributed by atoms with Crippen LogP contribution in [0.15, 0.2) is 30.4 Å². The van der Waals surface area contributed by atoms with Gasteiger partial charge in [-0.05, 0) is 31.0 Å². The minimum atomic E-state index is -0.927. The number of fused-ring (bicyclic) bond motifs is 1. The highest BCUT2D eigenvalue weighted by Gasteiger charge is 2.34. The summed E-state index contributed by atoms with van der Waals surface area (Å²) in [4.78, 5) is 31.8. The van der Waals surface area contributed by atoms with Gasteiger partial charge >= 0.3 is 5.97 Å². The number of imidazole rings is 1. The van der Waals surface area contributed by atoms with Gasteiger partial charge in [-0.2, -0.15) is 0 Å². The summed E-state index contributed by atoms with van der Waals surface area (Å²) in [6.45, 7) is 6.24. The molecule has 3 rings (SSSR count). The molecule has 0 bridgehead atoms. The molecule has 1 aliphatic carbocycles. The van der Waals surface area contributed by atoms with E-state index in [2.05, 4.69) is 36.1 Å². The quantitative estimate of drug-likeness (QED) is 0.745. The Morgan fingerprint density at radius 3 is 2.52 bits per heavy atom. The third-order valence-electron chi connectivity index (χ3n) is 4.55. The Balaban J connectivity index is 1.81. The van der Waals surface area contributed by atoms with E-state index in [1.165, 1.54) is 0 Å². The predicted molar refractivity (Wildman–Crippen MR) is 96.4 cm³/mol. The van der Waals surface area contributed by atoms with Gasteiger partial charge in [0.25, 0.3) is 0 Å². The zero-order valence-electron chi connectivity index (χ0n) is 14.7. The number of hydrogen-bond acceptors (Lipinski definition) is 3. The van der Waals surface area contributed by atoms with Crippen LogP contribution in [-0.4, -0.2) is 27.0 Å². The van der Waals surface area contributed by atoms with Crippen molar-refractivity contribution in [2.75, 3.05) is 5.32 Å².